The van der Waals surface area contributed by atoms with Crippen molar-refractivity contribution in [1.82, 2.24) is 9.97 Å². The topological polar surface area (TPSA) is 61.0 Å². The Hall–Kier alpha value is -1.94. The fourth-order valence-corrected chi connectivity index (χ4v) is 1.87. The molecule has 1 unspecified atom stereocenters. The highest BCUT2D eigenvalue weighted by molar-refractivity contribution is 5.33. The summed E-state index contributed by atoms with van der Waals surface area (Å²) in [6.45, 7) is 1.96. The molecule has 3 rings (SSSR count). The molecule has 0 amide bonds. The Labute approximate surface area is 112 Å². The molecule has 0 radical (unpaired) electrons. The van der Waals surface area contributed by atoms with E-state index in [1.54, 1.807) is 12.4 Å². The van der Waals surface area contributed by atoms with Crippen LogP contribution in [0.4, 0.5) is 0 Å². The van der Waals surface area contributed by atoms with Crippen LogP contribution in [-0.2, 0) is 0 Å². The molecule has 0 bridgehead atoms. The monoisotopic (exact) mass is 255 g/mol. The lowest BCUT2D eigenvalue weighted by Gasteiger charge is -2.12. The largest absolute Gasteiger partial charge is 0.490 e. The Kier molecular flexibility index (Phi) is 3.17. The molecule has 1 heterocycles. The van der Waals surface area contributed by atoms with E-state index in [1.807, 2.05) is 31.2 Å². The summed E-state index contributed by atoms with van der Waals surface area (Å²) < 4.78 is 5.77. The number of nitrogens with zero attached hydrogens (tertiary/aromatic N) is 2. The molecule has 0 aliphatic heterocycles. The summed E-state index contributed by atoms with van der Waals surface area (Å²) in [6, 6.07) is 7.56. The average molecular weight is 255 g/mol. The van der Waals surface area contributed by atoms with Crippen LogP contribution >= 0.6 is 0 Å². The fourth-order valence-electron chi connectivity index (χ4n) is 1.87. The van der Waals surface area contributed by atoms with Gasteiger partial charge in [-0.3, -0.25) is 0 Å². The molecular formula is C15H17N3O. The van der Waals surface area contributed by atoms with E-state index in [-0.39, 0.29) is 6.04 Å². The summed E-state index contributed by atoms with van der Waals surface area (Å²) in [7, 11) is 0. The maximum Gasteiger partial charge on any atom is 0.149 e. The molecule has 0 saturated heterocycles. The van der Waals surface area contributed by atoms with Gasteiger partial charge in [0.1, 0.15) is 11.6 Å². The molecule has 1 aromatic heterocycles. The van der Waals surface area contributed by atoms with Crippen LogP contribution in [0.5, 0.6) is 5.75 Å². The number of nitrogens with two attached hydrogens (primary N) is 1. The van der Waals surface area contributed by atoms with Crippen molar-refractivity contribution in [2.24, 2.45) is 5.73 Å². The molecule has 1 aliphatic carbocycles. The lowest BCUT2D eigenvalue weighted by Crippen LogP contribution is -2.15. The Balaban J connectivity index is 1.81. The van der Waals surface area contributed by atoms with E-state index in [0.717, 1.165) is 29.7 Å². The number of hydrogen-bond acceptors (Lipinski definition) is 4. The van der Waals surface area contributed by atoms with Gasteiger partial charge in [-0.1, -0.05) is 12.1 Å². The minimum atomic E-state index is -0.316. The van der Waals surface area contributed by atoms with Gasteiger partial charge in [-0.2, -0.15) is 0 Å². The van der Waals surface area contributed by atoms with E-state index in [4.69, 9.17) is 10.5 Å². The number of benzene rings is 1. The van der Waals surface area contributed by atoms with Gasteiger partial charge in [0.15, 0.2) is 0 Å². The maximum absolute atomic E-state index is 6.20. The maximum atomic E-state index is 6.20. The van der Waals surface area contributed by atoms with Crippen LogP contribution in [-0.4, -0.2) is 16.1 Å². The first-order chi connectivity index (χ1) is 9.22. The molecular weight excluding hydrogens is 238 g/mol. The summed E-state index contributed by atoms with van der Waals surface area (Å²) >= 11 is 0. The van der Waals surface area contributed by atoms with E-state index >= 15 is 0 Å². The Morgan fingerprint density at radius 1 is 1.26 bits per heavy atom. The number of aromatic nitrogens is 2. The van der Waals surface area contributed by atoms with Crippen LogP contribution in [0.3, 0.4) is 0 Å². The Morgan fingerprint density at radius 3 is 2.68 bits per heavy atom. The molecule has 1 aromatic carbocycles. The normalized spacial score (nSPS) is 16.1. The predicted octanol–water partition coefficient (Wildman–Crippen LogP) is 2.37. The average Bonchev–Trinajstić information content (AvgIpc) is 3.23. The lowest BCUT2D eigenvalue weighted by atomic mass is 10.1. The highest BCUT2D eigenvalue weighted by Crippen LogP contribution is 2.28. The van der Waals surface area contributed by atoms with Gasteiger partial charge in [-0.25, -0.2) is 9.97 Å². The number of hydrogen-bond donors (Lipinski definition) is 1. The third kappa shape index (κ3) is 2.90. The number of rotatable bonds is 4. The van der Waals surface area contributed by atoms with Crippen molar-refractivity contribution in [3.63, 3.8) is 0 Å². The fraction of sp³-hybridized carbons (Fsp3) is 0.333. The Morgan fingerprint density at radius 2 is 2.00 bits per heavy atom. The third-order valence-electron chi connectivity index (χ3n) is 3.12. The molecule has 2 aromatic rings. The van der Waals surface area contributed by atoms with Gasteiger partial charge < -0.3 is 10.5 Å². The summed E-state index contributed by atoms with van der Waals surface area (Å²) in [4.78, 5) is 8.56. The van der Waals surface area contributed by atoms with Crippen molar-refractivity contribution in [3.05, 3.63) is 53.6 Å². The summed E-state index contributed by atoms with van der Waals surface area (Å²) in [5.41, 5.74) is 8.20. The second-order valence-electron chi connectivity index (χ2n) is 4.99. The van der Waals surface area contributed by atoms with Gasteiger partial charge in [0, 0.05) is 12.4 Å². The van der Waals surface area contributed by atoms with Crippen LogP contribution in [0.1, 0.15) is 35.8 Å². The molecule has 19 heavy (non-hydrogen) atoms. The van der Waals surface area contributed by atoms with Crippen LogP contribution in [0.2, 0.25) is 0 Å². The molecule has 4 heteroatoms. The molecule has 2 N–H and O–H groups in total. The van der Waals surface area contributed by atoms with Gasteiger partial charge in [-0.15, -0.1) is 0 Å². The zero-order chi connectivity index (χ0) is 13.2. The van der Waals surface area contributed by atoms with Crippen LogP contribution in [0.25, 0.3) is 0 Å². The second-order valence-corrected chi connectivity index (χ2v) is 4.99. The minimum absolute atomic E-state index is 0.316. The highest BCUT2D eigenvalue weighted by Gasteiger charge is 2.23. The van der Waals surface area contributed by atoms with Crippen molar-refractivity contribution in [1.29, 1.82) is 0 Å². The summed E-state index contributed by atoms with van der Waals surface area (Å²) in [5, 5.41) is 0. The van der Waals surface area contributed by atoms with Crippen molar-refractivity contribution < 1.29 is 4.74 Å². The van der Waals surface area contributed by atoms with E-state index in [0.29, 0.717) is 11.9 Å². The SMILES string of the molecule is Cc1cnc(C(N)c2cccc(OC3CC3)c2)nc1. The molecule has 1 fully saturated rings. The molecule has 4 nitrogen and oxygen atoms in total. The van der Waals surface area contributed by atoms with Crippen molar-refractivity contribution in [2.45, 2.75) is 31.9 Å². The summed E-state index contributed by atoms with van der Waals surface area (Å²) in [5.74, 6) is 1.51. The first kappa shape index (κ1) is 12.1. The third-order valence-corrected chi connectivity index (χ3v) is 3.12. The first-order valence-corrected chi connectivity index (χ1v) is 6.53. The molecule has 1 saturated carbocycles. The van der Waals surface area contributed by atoms with E-state index in [9.17, 15) is 0 Å². The number of ether oxygens (including phenoxy) is 1. The van der Waals surface area contributed by atoms with E-state index < -0.39 is 0 Å². The van der Waals surface area contributed by atoms with Crippen LogP contribution in [0.15, 0.2) is 36.7 Å². The molecule has 1 atom stereocenters. The number of aryl methyl sites for hydroxylation is 1. The van der Waals surface area contributed by atoms with Crippen molar-refractivity contribution >= 4 is 0 Å². The van der Waals surface area contributed by atoms with E-state index in [2.05, 4.69) is 9.97 Å². The molecule has 1 aliphatic rings. The highest BCUT2D eigenvalue weighted by atomic mass is 16.5. The Bertz CT molecular complexity index is 564. The summed E-state index contributed by atoms with van der Waals surface area (Å²) in [6.07, 6.45) is 6.26. The second kappa shape index (κ2) is 4.97. The molecule has 0 spiro atoms. The van der Waals surface area contributed by atoms with Crippen LogP contribution < -0.4 is 10.5 Å². The van der Waals surface area contributed by atoms with E-state index in [1.165, 1.54) is 0 Å². The zero-order valence-electron chi connectivity index (χ0n) is 10.9. The van der Waals surface area contributed by atoms with Gasteiger partial charge in [0.2, 0.25) is 0 Å². The van der Waals surface area contributed by atoms with Gasteiger partial charge in [0.25, 0.3) is 0 Å². The predicted molar refractivity (Wildman–Crippen MR) is 72.9 cm³/mol. The quantitative estimate of drug-likeness (QED) is 0.911. The van der Waals surface area contributed by atoms with Gasteiger partial charge in [-0.05, 0) is 43.0 Å². The smallest absolute Gasteiger partial charge is 0.149 e. The zero-order valence-corrected chi connectivity index (χ0v) is 10.9. The van der Waals surface area contributed by atoms with Crippen molar-refractivity contribution in [3.8, 4) is 5.75 Å². The minimum Gasteiger partial charge on any atom is -0.490 e. The standard InChI is InChI=1S/C15H17N3O/c1-10-8-17-15(18-9-10)14(16)11-3-2-4-13(7-11)19-12-5-6-12/h2-4,7-9,12,14H,5-6,16H2,1H3. The first-order valence-electron chi connectivity index (χ1n) is 6.53. The van der Waals surface area contributed by atoms with Crippen molar-refractivity contribution in [2.75, 3.05) is 0 Å². The van der Waals surface area contributed by atoms with Gasteiger partial charge in [0.05, 0.1) is 12.1 Å². The van der Waals surface area contributed by atoms with Crippen LogP contribution in [0, 0.1) is 6.92 Å². The molecule has 98 valence electrons. The van der Waals surface area contributed by atoms with Gasteiger partial charge >= 0.3 is 0 Å². The lowest BCUT2D eigenvalue weighted by molar-refractivity contribution is 0.303.